The van der Waals surface area contributed by atoms with Crippen molar-refractivity contribution in [3.8, 4) is 5.75 Å². The van der Waals surface area contributed by atoms with Gasteiger partial charge >= 0.3 is 5.97 Å². The molecule has 1 atom stereocenters. The largest absolute Gasteiger partial charge is 0.479 e. The highest BCUT2D eigenvalue weighted by Gasteiger charge is 2.14. The van der Waals surface area contributed by atoms with Gasteiger partial charge in [-0.3, -0.25) is 0 Å². The smallest absolute Gasteiger partial charge is 0.344 e. The van der Waals surface area contributed by atoms with Crippen molar-refractivity contribution in [2.24, 2.45) is 0 Å². The van der Waals surface area contributed by atoms with E-state index in [0.717, 1.165) is 10.0 Å². The Kier molecular flexibility index (Phi) is 4.76. The van der Waals surface area contributed by atoms with E-state index < -0.39 is 12.1 Å². The van der Waals surface area contributed by atoms with Crippen LogP contribution in [0.1, 0.15) is 12.5 Å². The van der Waals surface area contributed by atoms with Crippen LogP contribution in [-0.4, -0.2) is 24.2 Å². The van der Waals surface area contributed by atoms with Crippen LogP contribution in [-0.2, 0) is 11.3 Å². The first-order chi connectivity index (χ1) is 7.54. The highest BCUT2D eigenvalue weighted by molar-refractivity contribution is 9.10. The standard InChI is InChI=1S/C11H14BrNO3/c1-7(11(14)15)16-10-4-3-9(12)5-8(10)6-13-2/h3-5,7,13H,6H2,1-2H3,(H,14,15). The Bertz CT molecular complexity index is 381. The van der Waals surface area contributed by atoms with Crippen LogP contribution in [0.2, 0.25) is 0 Å². The number of ether oxygens (including phenoxy) is 1. The number of benzene rings is 1. The molecule has 0 aromatic heterocycles. The van der Waals surface area contributed by atoms with Crippen LogP contribution in [0.4, 0.5) is 0 Å². The van der Waals surface area contributed by atoms with Gasteiger partial charge in [0, 0.05) is 16.6 Å². The predicted molar refractivity (Wildman–Crippen MR) is 64.6 cm³/mol. The second kappa shape index (κ2) is 5.86. The van der Waals surface area contributed by atoms with Crippen LogP contribution < -0.4 is 10.1 Å². The molecular weight excluding hydrogens is 274 g/mol. The van der Waals surface area contributed by atoms with E-state index in [0.29, 0.717) is 12.3 Å². The summed E-state index contributed by atoms with van der Waals surface area (Å²) >= 11 is 3.36. The lowest BCUT2D eigenvalue weighted by atomic mass is 10.2. The molecule has 1 aromatic carbocycles. The number of hydrogen-bond acceptors (Lipinski definition) is 3. The van der Waals surface area contributed by atoms with Gasteiger partial charge in [0.15, 0.2) is 6.10 Å². The quantitative estimate of drug-likeness (QED) is 0.870. The molecule has 1 rings (SSSR count). The molecule has 0 radical (unpaired) electrons. The van der Waals surface area contributed by atoms with Crippen molar-refractivity contribution in [3.63, 3.8) is 0 Å². The minimum absolute atomic E-state index is 0.590. The average molecular weight is 288 g/mol. The zero-order chi connectivity index (χ0) is 12.1. The molecule has 0 saturated heterocycles. The number of nitrogens with one attached hydrogen (secondary N) is 1. The molecule has 0 aliphatic rings. The van der Waals surface area contributed by atoms with E-state index in [9.17, 15) is 4.79 Å². The lowest BCUT2D eigenvalue weighted by molar-refractivity contribution is -0.144. The van der Waals surface area contributed by atoms with Gasteiger partial charge in [0.2, 0.25) is 0 Å². The topological polar surface area (TPSA) is 58.6 Å². The van der Waals surface area contributed by atoms with E-state index in [4.69, 9.17) is 9.84 Å². The number of carboxylic acid groups (broad SMARTS) is 1. The van der Waals surface area contributed by atoms with Gasteiger partial charge in [0.1, 0.15) is 5.75 Å². The third-order valence-electron chi connectivity index (χ3n) is 2.04. The van der Waals surface area contributed by atoms with E-state index in [1.54, 1.807) is 6.07 Å². The van der Waals surface area contributed by atoms with Crippen molar-refractivity contribution in [1.29, 1.82) is 0 Å². The molecule has 0 spiro atoms. The minimum Gasteiger partial charge on any atom is -0.479 e. The average Bonchev–Trinajstić information content (AvgIpc) is 2.22. The van der Waals surface area contributed by atoms with Crippen molar-refractivity contribution in [2.75, 3.05) is 7.05 Å². The van der Waals surface area contributed by atoms with E-state index in [2.05, 4.69) is 21.2 Å². The lowest BCUT2D eigenvalue weighted by Crippen LogP contribution is -2.23. The molecule has 0 aliphatic heterocycles. The van der Waals surface area contributed by atoms with Crippen LogP contribution in [0.3, 0.4) is 0 Å². The molecule has 88 valence electrons. The first-order valence-corrected chi connectivity index (χ1v) is 5.66. The molecule has 0 bridgehead atoms. The molecule has 1 aromatic rings. The Morgan fingerprint density at radius 1 is 1.62 bits per heavy atom. The maximum Gasteiger partial charge on any atom is 0.344 e. The SMILES string of the molecule is CNCc1cc(Br)ccc1OC(C)C(=O)O. The van der Waals surface area contributed by atoms with Gasteiger partial charge in [0.05, 0.1) is 0 Å². The summed E-state index contributed by atoms with van der Waals surface area (Å²) in [5.41, 5.74) is 0.921. The Hall–Kier alpha value is -1.07. The Morgan fingerprint density at radius 3 is 2.88 bits per heavy atom. The van der Waals surface area contributed by atoms with Crippen molar-refractivity contribution in [3.05, 3.63) is 28.2 Å². The number of carboxylic acids is 1. The predicted octanol–water partition coefficient (Wildman–Crippen LogP) is 2.02. The van der Waals surface area contributed by atoms with Crippen molar-refractivity contribution >= 4 is 21.9 Å². The normalized spacial score (nSPS) is 12.2. The highest BCUT2D eigenvalue weighted by Crippen LogP contribution is 2.24. The van der Waals surface area contributed by atoms with E-state index in [-0.39, 0.29) is 0 Å². The second-order valence-electron chi connectivity index (χ2n) is 3.38. The molecule has 4 nitrogen and oxygen atoms in total. The van der Waals surface area contributed by atoms with E-state index in [1.165, 1.54) is 6.92 Å². The van der Waals surface area contributed by atoms with Crippen LogP contribution in [0.15, 0.2) is 22.7 Å². The molecular formula is C11H14BrNO3. The third kappa shape index (κ3) is 3.50. The van der Waals surface area contributed by atoms with Gasteiger partial charge in [0.25, 0.3) is 0 Å². The van der Waals surface area contributed by atoms with Crippen LogP contribution in [0.5, 0.6) is 5.75 Å². The second-order valence-corrected chi connectivity index (χ2v) is 4.30. The first-order valence-electron chi connectivity index (χ1n) is 4.87. The fraction of sp³-hybridized carbons (Fsp3) is 0.364. The minimum atomic E-state index is -0.974. The number of hydrogen-bond donors (Lipinski definition) is 2. The molecule has 0 amide bonds. The number of aliphatic carboxylic acids is 1. The summed E-state index contributed by atoms with van der Waals surface area (Å²) in [5, 5.41) is 11.8. The molecule has 2 N–H and O–H groups in total. The molecule has 0 saturated carbocycles. The summed E-state index contributed by atoms with van der Waals surface area (Å²) in [7, 11) is 1.82. The first kappa shape index (κ1) is 13.0. The number of halogens is 1. The summed E-state index contributed by atoms with van der Waals surface area (Å²) < 4.78 is 6.29. The van der Waals surface area contributed by atoms with Crippen molar-refractivity contribution in [1.82, 2.24) is 5.32 Å². The van der Waals surface area contributed by atoms with Gasteiger partial charge in [-0.05, 0) is 32.2 Å². The molecule has 5 heteroatoms. The van der Waals surface area contributed by atoms with E-state index >= 15 is 0 Å². The number of rotatable bonds is 5. The molecule has 0 aliphatic carbocycles. The Balaban J connectivity index is 2.89. The van der Waals surface area contributed by atoms with Crippen LogP contribution in [0, 0.1) is 0 Å². The van der Waals surface area contributed by atoms with Gasteiger partial charge in [-0.1, -0.05) is 15.9 Å². The number of carbonyl (C=O) groups is 1. The van der Waals surface area contributed by atoms with Gasteiger partial charge in [-0.15, -0.1) is 0 Å². The Labute approximate surface area is 103 Å². The lowest BCUT2D eigenvalue weighted by Gasteiger charge is -2.14. The van der Waals surface area contributed by atoms with Gasteiger partial charge < -0.3 is 15.2 Å². The maximum atomic E-state index is 10.7. The van der Waals surface area contributed by atoms with Gasteiger partial charge in [-0.25, -0.2) is 4.79 Å². The Morgan fingerprint density at radius 2 is 2.31 bits per heavy atom. The van der Waals surface area contributed by atoms with Crippen LogP contribution in [0.25, 0.3) is 0 Å². The maximum absolute atomic E-state index is 10.7. The summed E-state index contributed by atoms with van der Waals surface area (Å²) in [6, 6.07) is 5.49. The molecule has 1 unspecified atom stereocenters. The molecule has 0 fully saturated rings. The van der Waals surface area contributed by atoms with Gasteiger partial charge in [-0.2, -0.15) is 0 Å². The fourth-order valence-electron chi connectivity index (χ4n) is 1.23. The van der Waals surface area contributed by atoms with E-state index in [1.807, 2.05) is 19.2 Å². The third-order valence-corrected chi connectivity index (χ3v) is 2.53. The zero-order valence-corrected chi connectivity index (χ0v) is 10.7. The molecule has 0 heterocycles. The summed E-state index contributed by atoms with van der Waals surface area (Å²) in [5.74, 6) is -0.384. The fourth-order valence-corrected chi connectivity index (χ4v) is 1.64. The van der Waals surface area contributed by atoms with Crippen molar-refractivity contribution in [2.45, 2.75) is 19.6 Å². The highest BCUT2D eigenvalue weighted by atomic mass is 79.9. The van der Waals surface area contributed by atoms with Crippen molar-refractivity contribution < 1.29 is 14.6 Å². The molecule has 16 heavy (non-hydrogen) atoms. The monoisotopic (exact) mass is 287 g/mol. The zero-order valence-electron chi connectivity index (χ0n) is 9.16. The summed E-state index contributed by atoms with van der Waals surface area (Å²) in [4.78, 5) is 10.7. The summed E-state index contributed by atoms with van der Waals surface area (Å²) in [6.07, 6.45) is -0.850. The summed E-state index contributed by atoms with van der Waals surface area (Å²) in [6.45, 7) is 2.13. The van der Waals surface area contributed by atoms with Crippen LogP contribution >= 0.6 is 15.9 Å².